The largest absolute Gasteiger partial charge is 0.309 e. The molecule has 2 fully saturated rings. The molecular formula is C15H21NO4S2. The maximum atomic E-state index is 12.8. The molecule has 1 aromatic carbocycles. The van der Waals surface area contributed by atoms with Crippen molar-refractivity contribution in [3.8, 4) is 0 Å². The van der Waals surface area contributed by atoms with Crippen molar-refractivity contribution >= 4 is 19.7 Å². The van der Waals surface area contributed by atoms with E-state index in [1.165, 1.54) is 12.1 Å². The van der Waals surface area contributed by atoms with Crippen LogP contribution in [0, 0.1) is 0 Å². The second kappa shape index (κ2) is 5.94. The van der Waals surface area contributed by atoms with Gasteiger partial charge in [-0.2, -0.15) is 0 Å². The van der Waals surface area contributed by atoms with Gasteiger partial charge in [0.05, 0.1) is 21.7 Å². The Labute approximate surface area is 132 Å². The summed E-state index contributed by atoms with van der Waals surface area (Å²) in [6, 6.07) is 7.88. The summed E-state index contributed by atoms with van der Waals surface area (Å²) in [5, 5.41) is 2.41. The Hall–Kier alpha value is -0.920. The van der Waals surface area contributed by atoms with Crippen molar-refractivity contribution in [1.29, 1.82) is 0 Å². The lowest BCUT2D eigenvalue weighted by atomic mass is 10.2. The number of sulfone groups is 2. The third-order valence-electron chi connectivity index (χ3n) is 4.58. The molecule has 2 aliphatic rings. The Morgan fingerprint density at radius 3 is 2.27 bits per heavy atom. The Kier molecular flexibility index (Phi) is 4.31. The zero-order chi connectivity index (χ0) is 15.8. The fourth-order valence-electron chi connectivity index (χ4n) is 3.46. The van der Waals surface area contributed by atoms with Crippen LogP contribution < -0.4 is 5.32 Å². The molecule has 1 N–H and O–H groups in total. The van der Waals surface area contributed by atoms with Crippen LogP contribution >= 0.6 is 0 Å². The van der Waals surface area contributed by atoms with Gasteiger partial charge in [-0.1, -0.05) is 31.0 Å². The Bertz CT molecular complexity index is 722. The van der Waals surface area contributed by atoms with Crippen LogP contribution in [0.4, 0.5) is 0 Å². The predicted molar refractivity (Wildman–Crippen MR) is 85.2 cm³/mol. The SMILES string of the molecule is O=S1(=O)C[C@H](NC2CCCC2)[C@@H](S(=O)(=O)c2ccccc2)C1. The van der Waals surface area contributed by atoms with Crippen molar-refractivity contribution < 1.29 is 16.8 Å². The monoisotopic (exact) mass is 343 g/mol. The van der Waals surface area contributed by atoms with E-state index in [4.69, 9.17) is 0 Å². The fraction of sp³-hybridized carbons (Fsp3) is 0.600. The van der Waals surface area contributed by atoms with Gasteiger partial charge < -0.3 is 5.32 Å². The maximum absolute atomic E-state index is 12.8. The molecule has 0 radical (unpaired) electrons. The van der Waals surface area contributed by atoms with E-state index in [0.29, 0.717) is 0 Å². The lowest BCUT2D eigenvalue weighted by molar-refractivity contribution is 0.449. The molecule has 0 unspecified atom stereocenters. The van der Waals surface area contributed by atoms with Crippen LogP contribution in [-0.4, -0.2) is 45.7 Å². The van der Waals surface area contributed by atoms with Crippen molar-refractivity contribution in [2.45, 2.75) is 47.9 Å². The van der Waals surface area contributed by atoms with E-state index in [-0.39, 0.29) is 22.4 Å². The summed E-state index contributed by atoms with van der Waals surface area (Å²) in [6.45, 7) is 0. The van der Waals surface area contributed by atoms with Gasteiger partial charge in [-0.05, 0) is 25.0 Å². The zero-order valence-electron chi connectivity index (χ0n) is 12.3. The van der Waals surface area contributed by atoms with Gasteiger partial charge in [-0.15, -0.1) is 0 Å². The number of nitrogens with one attached hydrogen (secondary N) is 1. The topological polar surface area (TPSA) is 80.3 Å². The van der Waals surface area contributed by atoms with Gasteiger partial charge in [-0.25, -0.2) is 16.8 Å². The van der Waals surface area contributed by atoms with E-state index in [2.05, 4.69) is 5.32 Å². The molecule has 1 saturated carbocycles. The highest BCUT2D eigenvalue weighted by atomic mass is 32.2. The maximum Gasteiger partial charge on any atom is 0.183 e. The lowest BCUT2D eigenvalue weighted by Gasteiger charge is -2.23. The second-order valence-corrected chi connectivity index (χ2v) is 10.5. The predicted octanol–water partition coefficient (Wildman–Crippen LogP) is 1.16. The highest BCUT2D eigenvalue weighted by molar-refractivity contribution is 7.96. The molecule has 1 saturated heterocycles. The molecule has 5 nitrogen and oxygen atoms in total. The van der Waals surface area contributed by atoms with Crippen LogP contribution in [0.3, 0.4) is 0 Å². The third-order valence-corrected chi connectivity index (χ3v) is 8.74. The summed E-state index contributed by atoms with van der Waals surface area (Å²) < 4.78 is 49.6. The van der Waals surface area contributed by atoms with Gasteiger partial charge in [0.2, 0.25) is 0 Å². The van der Waals surface area contributed by atoms with Crippen molar-refractivity contribution in [3.05, 3.63) is 30.3 Å². The fourth-order valence-corrected chi connectivity index (χ4v) is 8.16. The lowest BCUT2D eigenvalue weighted by Crippen LogP contribution is -2.47. The Balaban J connectivity index is 1.88. The van der Waals surface area contributed by atoms with Crippen LogP contribution in [0.5, 0.6) is 0 Å². The van der Waals surface area contributed by atoms with E-state index in [1.807, 2.05) is 0 Å². The van der Waals surface area contributed by atoms with Gasteiger partial charge in [0, 0.05) is 12.1 Å². The molecule has 3 rings (SSSR count). The Morgan fingerprint density at radius 2 is 1.64 bits per heavy atom. The molecule has 1 heterocycles. The second-order valence-electron chi connectivity index (χ2n) is 6.23. The zero-order valence-corrected chi connectivity index (χ0v) is 13.9. The normalized spacial score (nSPS) is 28.9. The molecular weight excluding hydrogens is 322 g/mol. The van der Waals surface area contributed by atoms with Gasteiger partial charge in [0.15, 0.2) is 19.7 Å². The minimum Gasteiger partial charge on any atom is -0.309 e. The van der Waals surface area contributed by atoms with Crippen LogP contribution in [0.1, 0.15) is 25.7 Å². The minimum absolute atomic E-state index is 0.0831. The van der Waals surface area contributed by atoms with Crippen molar-refractivity contribution in [3.63, 3.8) is 0 Å². The number of hydrogen-bond donors (Lipinski definition) is 1. The molecule has 0 amide bonds. The molecule has 122 valence electrons. The van der Waals surface area contributed by atoms with E-state index < -0.39 is 31.0 Å². The van der Waals surface area contributed by atoms with Crippen LogP contribution in [0.25, 0.3) is 0 Å². The summed E-state index contributed by atoms with van der Waals surface area (Å²) in [7, 11) is -6.96. The first kappa shape index (κ1) is 16.0. The number of benzene rings is 1. The van der Waals surface area contributed by atoms with Crippen molar-refractivity contribution in [2.75, 3.05) is 11.5 Å². The van der Waals surface area contributed by atoms with Gasteiger partial charge in [0.25, 0.3) is 0 Å². The quantitative estimate of drug-likeness (QED) is 0.887. The summed E-state index contributed by atoms with van der Waals surface area (Å²) >= 11 is 0. The van der Waals surface area contributed by atoms with Crippen molar-refractivity contribution in [1.82, 2.24) is 5.32 Å². The first-order valence-corrected chi connectivity index (χ1v) is 11.0. The van der Waals surface area contributed by atoms with E-state index >= 15 is 0 Å². The molecule has 0 aromatic heterocycles. The summed E-state index contributed by atoms with van der Waals surface area (Å²) in [5.74, 6) is -0.366. The number of rotatable bonds is 4. The van der Waals surface area contributed by atoms with Crippen LogP contribution in [0.15, 0.2) is 35.2 Å². The number of hydrogen-bond acceptors (Lipinski definition) is 5. The molecule has 1 aliphatic heterocycles. The standard InChI is InChI=1S/C15H21NO4S2/c17-21(18)10-14(16-12-6-4-5-7-12)15(11-21)22(19,20)13-8-2-1-3-9-13/h1-3,8-9,12,14-16H,4-7,10-11H2/t14-,15-/m0/s1. The van der Waals surface area contributed by atoms with Gasteiger partial charge >= 0.3 is 0 Å². The van der Waals surface area contributed by atoms with E-state index in [0.717, 1.165) is 25.7 Å². The third kappa shape index (κ3) is 3.21. The van der Waals surface area contributed by atoms with Crippen molar-refractivity contribution in [2.24, 2.45) is 0 Å². The van der Waals surface area contributed by atoms with E-state index in [9.17, 15) is 16.8 Å². The van der Waals surface area contributed by atoms with Crippen LogP contribution in [0.2, 0.25) is 0 Å². The average Bonchev–Trinajstić information content (AvgIpc) is 3.08. The van der Waals surface area contributed by atoms with E-state index in [1.54, 1.807) is 18.2 Å². The first-order chi connectivity index (χ1) is 10.4. The molecule has 1 aliphatic carbocycles. The van der Waals surface area contributed by atoms with Gasteiger partial charge in [-0.3, -0.25) is 0 Å². The smallest absolute Gasteiger partial charge is 0.183 e. The average molecular weight is 343 g/mol. The summed E-state index contributed by atoms with van der Waals surface area (Å²) in [4.78, 5) is 0.204. The van der Waals surface area contributed by atoms with Gasteiger partial charge in [0.1, 0.15) is 0 Å². The first-order valence-electron chi connectivity index (χ1n) is 7.64. The molecule has 1 aromatic rings. The van der Waals surface area contributed by atoms with Crippen LogP contribution in [-0.2, 0) is 19.7 Å². The summed E-state index contributed by atoms with van der Waals surface area (Å²) in [6.07, 6.45) is 4.23. The summed E-state index contributed by atoms with van der Waals surface area (Å²) in [5.41, 5.74) is 0. The Morgan fingerprint density at radius 1 is 1.00 bits per heavy atom. The highest BCUT2D eigenvalue weighted by Gasteiger charge is 2.46. The highest BCUT2D eigenvalue weighted by Crippen LogP contribution is 2.28. The molecule has 7 heteroatoms. The molecule has 22 heavy (non-hydrogen) atoms. The molecule has 2 atom stereocenters. The molecule has 0 bridgehead atoms. The minimum atomic E-state index is -3.64. The molecule has 0 spiro atoms.